The maximum Gasteiger partial charge on any atom is 0.222 e. The number of rotatable bonds is 5. The third-order valence-corrected chi connectivity index (χ3v) is 3.36. The first kappa shape index (κ1) is 16.8. The molecule has 116 valence electrons. The van der Waals surface area contributed by atoms with Crippen LogP contribution in [0.25, 0.3) is 0 Å². The Morgan fingerprint density at radius 1 is 1.40 bits per heavy atom. The Kier molecular flexibility index (Phi) is 6.30. The molecule has 1 rings (SSSR count). The van der Waals surface area contributed by atoms with Gasteiger partial charge in [-0.3, -0.25) is 9.79 Å². The van der Waals surface area contributed by atoms with Gasteiger partial charge in [0.15, 0.2) is 5.96 Å². The highest BCUT2D eigenvalue weighted by Crippen LogP contribution is 2.28. The summed E-state index contributed by atoms with van der Waals surface area (Å²) < 4.78 is 0. The summed E-state index contributed by atoms with van der Waals surface area (Å²) in [5.41, 5.74) is 0.352. The lowest BCUT2D eigenvalue weighted by molar-refractivity contribution is -0.121. The number of amides is 1. The van der Waals surface area contributed by atoms with Crippen molar-refractivity contribution in [2.75, 3.05) is 26.2 Å². The molecule has 5 heteroatoms. The molecule has 0 aromatic rings. The van der Waals surface area contributed by atoms with Crippen LogP contribution in [0.4, 0.5) is 0 Å². The Labute approximate surface area is 123 Å². The maximum atomic E-state index is 11.6. The van der Waals surface area contributed by atoms with Crippen molar-refractivity contribution in [1.29, 1.82) is 0 Å². The van der Waals surface area contributed by atoms with Crippen LogP contribution >= 0.6 is 0 Å². The maximum absolute atomic E-state index is 11.6. The van der Waals surface area contributed by atoms with Crippen LogP contribution in [0.5, 0.6) is 0 Å². The second-order valence-corrected chi connectivity index (χ2v) is 6.54. The molecule has 5 nitrogen and oxygen atoms in total. The molecule has 0 atom stereocenters. The largest absolute Gasteiger partial charge is 0.357 e. The first-order chi connectivity index (χ1) is 9.34. The molecule has 0 radical (unpaired) electrons. The standard InChI is InChI=1S/C15H30N4O/c1-6-16-14(19-10-8-15(4,5)11-19)17-9-7-13(20)18-12(2)3/h12H,6-11H2,1-5H3,(H,16,17)(H,18,20). The molecule has 2 N–H and O–H groups in total. The van der Waals surface area contributed by atoms with E-state index < -0.39 is 0 Å². The number of hydrogen-bond acceptors (Lipinski definition) is 2. The van der Waals surface area contributed by atoms with Crippen molar-refractivity contribution < 1.29 is 4.79 Å². The average molecular weight is 282 g/mol. The molecule has 1 fully saturated rings. The smallest absolute Gasteiger partial charge is 0.222 e. The Balaban J connectivity index is 2.49. The van der Waals surface area contributed by atoms with Gasteiger partial charge in [-0.15, -0.1) is 0 Å². The highest BCUT2D eigenvalue weighted by molar-refractivity contribution is 5.81. The van der Waals surface area contributed by atoms with Gasteiger partial charge >= 0.3 is 0 Å². The van der Waals surface area contributed by atoms with Gasteiger partial charge in [0.05, 0.1) is 6.54 Å². The molecule has 1 aliphatic rings. The van der Waals surface area contributed by atoms with E-state index in [-0.39, 0.29) is 11.9 Å². The van der Waals surface area contributed by atoms with Crippen molar-refractivity contribution in [3.8, 4) is 0 Å². The van der Waals surface area contributed by atoms with Crippen LogP contribution < -0.4 is 10.6 Å². The summed E-state index contributed by atoms with van der Waals surface area (Å²) >= 11 is 0. The second kappa shape index (κ2) is 7.50. The van der Waals surface area contributed by atoms with Gasteiger partial charge < -0.3 is 15.5 Å². The monoisotopic (exact) mass is 282 g/mol. The summed E-state index contributed by atoms with van der Waals surface area (Å²) in [6.45, 7) is 14.0. The summed E-state index contributed by atoms with van der Waals surface area (Å²) in [4.78, 5) is 18.5. The summed E-state index contributed by atoms with van der Waals surface area (Å²) in [7, 11) is 0. The molecule has 0 bridgehead atoms. The van der Waals surface area contributed by atoms with Crippen LogP contribution in [0.3, 0.4) is 0 Å². The molecule has 0 aromatic heterocycles. The molecular formula is C15H30N4O. The molecular weight excluding hydrogens is 252 g/mol. The van der Waals surface area contributed by atoms with Gasteiger partial charge in [-0.05, 0) is 32.6 Å². The van der Waals surface area contributed by atoms with E-state index in [1.54, 1.807) is 0 Å². The fraction of sp³-hybridized carbons (Fsp3) is 0.867. The van der Waals surface area contributed by atoms with Crippen LogP contribution in [0.1, 0.15) is 47.5 Å². The second-order valence-electron chi connectivity index (χ2n) is 6.54. The highest BCUT2D eigenvalue weighted by Gasteiger charge is 2.30. The van der Waals surface area contributed by atoms with E-state index in [0.29, 0.717) is 18.4 Å². The summed E-state index contributed by atoms with van der Waals surface area (Å²) in [6, 6.07) is 0.194. The van der Waals surface area contributed by atoms with Crippen LogP contribution in [0.15, 0.2) is 4.99 Å². The SMILES string of the molecule is CCNC(=NCCC(=O)NC(C)C)N1CCC(C)(C)C1. The lowest BCUT2D eigenvalue weighted by Gasteiger charge is -2.23. The minimum atomic E-state index is 0.0707. The minimum Gasteiger partial charge on any atom is -0.357 e. The summed E-state index contributed by atoms with van der Waals surface area (Å²) in [5.74, 6) is 1.01. The Morgan fingerprint density at radius 2 is 2.10 bits per heavy atom. The van der Waals surface area contributed by atoms with E-state index in [1.165, 1.54) is 6.42 Å². The number of likely N-dealkylation sites (tertiary alicyclic amines) is 1. The third-order valence-electron chi connectivity index (χ3n) is 3.36. The average Bonchev–Trinajstić information content (AvgIpc) is 2.67. The van der Waals surface area contributed by atoms with E-state index in [2.05, 4.69) is 41.3 Å². The third kappa shape index (κ3) is 5.80. The molecule has 1 amide bonds. The van der Waals surface area contributed by atoms with Gasteiger partial charge in [-0.2, -0.15) is 0 Å². The fourth-order valence-corrected chi connectivity index (χ4v) is 2.38. The van der Waals surface area contributed by atoms with Gasteiger partial charge in [0.1, 0.15) is 0 Å². The summed E-state index contributed by atoms with van der Waals surface area (Å²) in [5, 5.41) is 6.21. The van der Waals surface area contributed by atoms with Gasteiger partial charge in [0, 0.05) is 32.1 Å². The predicted octanol–water partition coefficient (Wildman–Crippen LogP) is 1.60. The predicted molar refractivity (Wildman–Crippen MR) is 83.8 cm³/mol. The van der Waals surface area contributed by atoms with Gasteiger partial charge in [-0.25, -0.2) is 0 Å². The van der Waals surface area contributed by atoms with Crippen LogP contribution in [0.2, 0.25) is 0 Å². The Morgan fingerprint density at radius 3 is 2.60 bits per heavy atom. The van der Waals surface area contributed by atoms with E-state index in [1.807, 2.05) is 13.8 Å². The van der Waals surface area contributed by atoms with E-state index in [9.17, 15) is 4.79 Å². The van der Waals surface area contributed by atoms with Gasteiger partial charge in [0.2, 0.25) is 5.91 Å². The highest BCUT2D eigenvalue weighted by atomic mass is 16.1. The number of aliphatic imine (C=N–C) groups is 1. The molecule has 0 unspecified atom stereocenters. The zero-order valence-electron chi connectivity index (χ0n) is 13.6. The normalized spacial score (nSPS) is 18.5. The number of hydrogen-bond donors (Lipinski definition) is 2. The lowest BCUT2D eigenvalue weighted by atomic mass is 9.93. The molecule has 1 saturated heterocycles. The number of nitrogens with one attached hydrogen (secondary N) is 2. The molecule has 1 aliphatic heterocycles. The van der Waals surface area contributed by atoms with Gasteiger partial charge in [-0.1, -0.05) is 13.8 Å². The first-order valence-electron chi connectivity index (χ1n) is 7.66. The Hall–Kier alpha value is -1.26. The first-order valence-corrected chi connectivity index (χ1v) is 7.66. The van der Waals surface area contributed by atoms with Crippen molar-refractivity contribution in [1.82, 2.24) is 15.5 Å². The number of guanidine groups is 1. The van der Waals surface area contributed by atoms with E-state index in [0.717, 1.165) is 25.6 Å². The number of carbonyl (C=O) groups is 1. The zero-order chi connectivity index (χ0) is 15.2. The van der Waals surface area contributed by atoms with Crippen molar-refractivity contribution >= 4 is 11.9 Å². The van der Waals surface area contributed by atoms with Gasteiger partial charge in [0.25, 0.3) is 0 Å². The number of carbonyl (C=O) groups excluding carboxylic acids is 1. The summed E-state index contributed by atoms with van der Waals surface area (Å²) in [6.07, 6.45) is 1.63. The quantitative estimate of drug-likeness (QED) is 0.595. The topological polar surface area (TPSA) is 56.7 Å². The molecule has 0 saturated carbocycles. The molecule has 1 heterocycles. The molecule has 0 aromatic carbocycles. The molecule has 0 aliphatic carbocycles. The number of nitrogens with zero attached hydrogens (tertiary/aromatic N) is 2. The lowest BCUT2D eigenvalue weighted by Crippen LogP contribution is -2.41. The van der Waals surface area contributed by atoms with Crippen molar-refractivity contribution in [3.05, 3.63) is 0 Å². The van der Waals surface area contributed by atoms with Crippen molar-refractivity contribution in [2.45, 2.75) is 53.5 Å². The van der Waals surface area contributed by atoms with Crippen molar-refractivity contribution in [3.63, 3.8) is 0 Å². The van der Waals surface area contributed by atoms with Crippen LogP contribution in [-0.2, 0) is 4.79 Å². The van der Waals surface area contributed by atoms with E-state index >= 15 is 0 Å². The molecule has 20 heavy (non-hydrogen) atoms. The van der Waals surface area contributed by atoms with Crippen LogP contribution in [-0.4, -0.2) is 49.0 Å². The Bertz CT molecular complexity index is 350. The zero-order valence-corrected chi connectivity index (χ0v) is 13.6. The molecule has 0 spiro atoms. The fourth-order valence-electron chi connectivity index (χ4n) is 2.38. The van der Waals surface area contributed by atoms with E-state index in [4.69, 9.17) is 0 Å². The van der Waals surface area contributed by atoms with Crippen molar-refractivity contribution in [2.24, 2.45) is 10.4 Å². The minimum absolute atomic E-state index is 0.0707. The van der Waals surface area contributed by atoms with Crippen LogP contribution in [0, 0.1) is 5.41 Å².